The first-order valence-corrected chi connectivity index (χ1v) is 9.73. The Morgan fingerprint density at radius 2 is 2.04 bits per heavy atom. The molecule has 0 fully saturated rings. The molecule has 7 heteroatoms. The molecule has 1 atom stereocenters. The third-order valence-corrected chi connectivity index (χ3v) is 4.84. The van der Waals surface area contributed by atoms with E-state index in [0.717, 1.165) is 12.0 Å². The van der Waals surface area contributed by atoms with Gasteiger partial charge in [-0.25, -0.2) is 4.98 Å². The summed E-state index contributed by atoms with van der Waals surface area (Å²) in [6.07, 6.45) is 3.24. The number of aromatic amines is 1. The summed E-state index contributed by atoms with van der Waals surface area (Å²) < 4.78 is 0. The molecule has 2 aromatic rings. The molecule has 0 aliphatic heterocycles. The maximum absolute atomic E-state index is 12.3. The van der Waals surface area contributed by atoms with Gasteiger partial charge in [-0.05, 0) is 43.7 Å². The Balaban J connectivity index is 2.00. The van der Waals surface area contributed by atoms with E-state index in [0.29, 0.717) is 27.9 Å². The first kappa shape index (κ1) is 19.5. The van der Waals surface area contributed by atoms with Crippen LogP contribution in [-0.2, 0) is 11.2 Å². The largest absolute Gasteiger partial charge is 0.349 e. The summed E-state index contributed by atoms with van der Waals surface area (Å²) in [5.41, 5.74) is 2.08. The van der Waals surface area contributed by atoms with E-state index in [2.05, 4.69) is 15.3 Å². The lowest BCUT2D eigenvalue weighted by Gasteiger charge is -2.17. The van der Waals surface area contributed by atoms with Crippen LogP contribution in [0.2, 0.25) is 5.02 Å². The Bertz CT molecular complexity index is 790. The lowest BCUT2D eigenvalue weighted by Crippen LogP contribution is -2.29. The molecule has 5 nitrogen and oxygen atoms in total. The minimum atomic E-state index is -0.172. The normalized spacial score (nSPS) is 12.0. The Labute approximate surface area is 156 Å². The number of nitrogens with one attached hydrogen (secondary N) is 2. The minimum absolute atomic E-state index is 0.0684. The lowest BCUT2D eigenvalue weighted by atomic mass is 10.0. The van der Waals surface area contributed by atoms with Crippen molar-refractivity contribution in [3.63, 3.8) is 0 Å². The Kier molecular flexibility index (Phi) is 7.08. The number of thioether (sulfide) groups is 1. The highest BCUT2D eigenvalue weighted by Crippen LogP contribution is 2.19. The highest BCUT2D eigenvalue weighted by Gasteiger charge is 2.15. The zero-order valence-electron chi connectivity index (χ0n) is 14.6. The molecule has 2 N–H and O–H groups in total. The van der Waals surface area contributed by atoms with E-state index in [1.165, 1.54) is 11.8 Å². The zero-order chi connectivity index (χ0) is 18.4. The number of carbonyl (C=O) groups excluding carboxylic acids is 1. The van der Waals surface area contributed by atoms with E-state index in [1.807, 2.05) is 37.4 Å². The van der Waals surface area contributed by atoms with Crippen LogP contribution >= 0.6 is 23.4 Å². The van der Waals surface area contributed by atoms with Crippen LogP contribution in [0.25, 0.3) is 0 Å². The van der Waals surface area contributed by atoms with E-state index in [4.69, 9.17) is 11.6 Å². The van der Waals surface area contributed by atoms with Crippen LogP contribution in [0.1, 0.15) is 42.6 Å². The first-order chi connectivity index (χ1) is 11.9. The van der Waals surface area contributed by atoms with Crippen LogP contribution in [0.3, 0.4) is 0 Å². The summed E-state index contributed by atoms with van der Waals surface area (Å²) in [6, 6.07) is 7.38. The molecular formula is C18H22ClN3O2S. The summed E-state index contributed by atoms with van der Waals surface area (Å²) >= 11 is 7.29. The van der Waals surface area contributed by atoms with Crippen molar-refractivity contribution in [3.8, 4) is 0 Å². The quantitative estimate of drug-likeness (QED) is 0.568. The molecule has 1 unspecified atom stereocenters. The van der Waals surface area contributed by atoms with Gasteiger partial charge in [0, 0.05) is 22.7 Å². The minimum Gasteiger partial charge on any atom is -0.349 e. The third-order valence-electron chi connectivity index (χ3n) is 4.01. The van der Waals surface area contributed by atoms with Gasteiger partial charge in [-0.2, -0.15) is 0 Å². The molecule has 1 amide bonds. The van der Waals surface area contributed by atoms with Gasteiger partial charge in [0.2, 0.25) is 5.91 Å². The standard InChI is InChI=1S/C18H22ClN3O2S/c1-4-15(12-5-7-13(19)8-6-12)21-16(23)10-9-14-11(2)20-18(25-3)22-17(14)24/h5-8,15H,4,9-10H2,1-3H3,(H,21,23)(H,20,22,24). The van der Waals surface area contributed by atoms with Crippen molar-refractivity contribution in [2.45, 2.75) is 44.3 Å². The number of aromatic nitrogens is 2. The van der Waals surface area contributed by atoms with Crippen molar-refractivity contribution in [2.24, 2.45) is 0 Å². The second-order valence-corrected chi connectivity index (χ2v) is 6.95. The van der Waals surface area contributed by atoms with E-state index < -0.39 is 0 Å². The van der Waals surface area contributed by atoms with Crippen LogP contribution < -0.4 is 10.9 Å². The Hall–Kier alpha value is -1.79. The predicted octanol–water partition coefficient (Wildman–Crippen LogP) is 3.65. The van der Waals surface area contributed by atoms with Crippen molar-refractivity contribution in [3.05, 3.63) is 56.5 Å². The average Bonchev–Trinajstić information content (AvgIpc) is 2.59. The number of benzene rings is 1. The van der Waals surface area contributed by atoms with E-state index >= 15 is 0 Å². The molecule has 0 aliphatic rings. The number of halogens is 1. The van der Waals surface area contributed by atoms with Crippen LogP contribution in [0.5, 0.6) is 0 Å². The number of amides is 1. The van der Waals surface area contributed by atoms with Crippen LogP contribution in [-0.4, -0.2) is 22.1 Å². The molecule has 0 saturated heterocycles. The number of nitrogens with zero attached hydrogens (tertiary/aromatic N) is 1. The smallest absolute Gasteiger partial charge is 0.254 e. The Morgan fingerprint density at radius 1 is 1.36 bits per heavy atom. The number of hydrogen-bond donors (Lipinski definition) is 2. The highest BCUT2D eigenvalue weighted by molar-refractivity contribution is 7.98. The fourth-order valence-corrected chi connectivity index (χ4v) is 3.15. The summed E-state index contributed by atoms with van der Waals surface area (Å²) in [7, 11) is 0. The molecular weight excluding hydrogens is 358 g/mol. The second kappa shape index (κ2) is 9.06. The molecule has 0 saturated carbocycles. The van der Waals surface area contributed by atoms with Crippen molar-refractivity contribution in [2.75, 3.05) is 6.26 Å². The topological polar surface area (TPSA) is 74.8 Å². The monoisotopic (exact) mass is 379 g/mol. The summed E-state index contributed by atoms with van der Waals surface area (Å²) in [5, 5.41) is 4.27. The number of carbonyl (C=O) groups is 1. The third kappa shape index (κ3) is 5.34. The molecule has 0 spiro atoms. The van der Waals surface area contributed by atoms with Gasteiger partial charge < -0.3 is 10.3 Å². The van der Waals surface area contributed by atoms with Gasteiger partial charge in [-0.15, -0.1) is 0 Å². The van der Waals surface area contributed by atoms with Crippen molar-refractivity contribution in [1.29, 1.82) is 0 Å². The molecule has 1 aromatic carbocycles. The summed E-state index contributed by atoms with van der Waals surface area (Å²) in [6.45, 7) is 3.81. The van der Waals surface area contributed by atoms with Crippen LogP contribution in [0.4, 0.5) is 0 Å². The van der Waals surface area contributed by atoms with E-state index in [-0.39, 0.29) is 23.9 Å². The lowest BCUT2D eigenvalue weighted by molar-refractivity contribution is -0.121. The van der Waals surface area contributed by atoms with Crippen LogP contribution in [0, 0.1) is 6.92 Å². The number of H-pyrrole nitrogens is 1. The molecule has 2 rings (SSSR count). The number of rotatable bonds is 7. The van der Waals surface area contributed by atoms with Gasteiger partial charge in [-0.3, -0.25) is 9.59 Å². The van der Waals surface area contributed by atoms with Crippen molar-refractivity contribution >= 4 is 29.3 Å². The average molecular weight is 380 g/mol. The van der Waals surface area contributed by atoms with E-state index in [1.54, 1.807) is 6.92 Å². The Morgan fingerprint density at radius 3 is 2.60 bits per heavy atom. The van der Waals surface area contributed by atoms with Gasteiger partial charge in [0.15, 0.2) is 5.16 Å². The van der Waals surface area contributed by atoms with Gasteiger partial charge >= 0.3 is 0 Å². The maximum atomic E-state index is 12.3. The molecule has 1 aromatic heterocycles. The predicted molar refractivity (Wildman–Crippen MR) is 102 cm³/mol. The summed E-state index contributed by atoms with van der Waals surface area (Å²) in [4.78, 5) is 31.5. The van der Waals surface area contributed by atoms with Gasteiger partial charge in [0.05, 0.1) is 6.04 Å². The maximum Gasteiger partial charge on any atom is 0.254 e. The fraction of sp³-hybridized carbons (Fsp3) is 0.389. The van der Waals surface area contributed by atoms with E-state index in [9.17, 15) is 9.59 Å². The fourth-order valence-electron chi connectivity index (χ4n) is 2.60. The molecule has 134 valence electrons. The van der Waals surface area contributed by atoms with Crippen molar-refractivity contribution in [1.82, 2.24) is 15.3 Å². The van der Waals surface area contributed by atoms with Crippen molar-refractivity contribution < 1.29 is 4.79 Å². The molecule has 0 bridgehead atoms. The first-order valence-electron chi connectivity index (χ1n) is 8.13. The molecule has 0 radical (unpaired) electrons. The zero-order valence-corrected chi connectivity index (χ0v) is 16.1. The van der Waals surface area contributed by atoms with Crippen LogP contribution in [0.15, 0.2) is 34.2 Å². The summed E-state index contributed by atoms with van der Waals surface area (Å²) in [5.74, 6) is -0.0884. The van der Waals surface area contributed by atoms with Gasteiger partial charge in [-0.1, -0.05) is 42.4 Å². The SMILES string of the molecule is CCC(NC(=O)CCc1c(C)nc(SC)[nH]c1=O)c1ccc(Cl)cc1. The number of hydrogen-bond acceptors (Lipinski definition) is 4. The van der Waals surface area contributed by atoms with Gasteiger partial charge in [0.25, 0.3) is 5.56 Å². The molecule has 1 heterocycles. The molecule has 25 heavy (non-hydrogen) atoms. The van der Waals surface area contributed by atoms with Gasteiger partial charge in [0.1, 0.15) is 0 Å². The highest BCUT2D eigenvalue weighted by atomic mass is 35.5. The molecule has 0 aliphatic carbocycles. The second-order valence-electron chi connectivity index (χ2n) is 5.72. The number of aryl methyl sites for hydroxylation is 1.